The Bertz CT molecular complexity index is 867. The number of hydrogen-bond acceptors (Lipinski definition) is 4. The number of hydrogen-bond donors (Lipinski definition) is 0. The molecule has 21 heavy (non-hydrogen) atoms. The van der Waals surface area contributed by atoms with Crippen LogP contribution in [0.15, 0.2) is 43.1 Å². The lowest BCUT2D eigenvalue weighted by molar-refractivity contribution is -0.384. The minimum atomic E-state index is -0.405. The van der Waals surface area contributed by atoms with E-state index in [-0.39, 0.29) is 5.69 Å². The number of aryl methyl sites for hydroxylation is 1. The lowest BCUT2D eigenvalue weighted by atomic mass is 10.1. The normalized spacial score (nSPS) is 10.7. The third-order valence-corrected chi connectivity index (χ3v) is 3.31. The zero-order valence-electron chi connectivity index (χ0n) is 11.4. The summed E-state index contributed by atoms with van der Waals surface area (Å²) in [6.45, 7) is 3.69. The molecule has 0 spiro atoms. The van der Waals surface area contributed by atoms with E-state index in [9.17, 15) is 10.1 Å². The quantitative estimate of drug-likeness (QED) is 0.545. The van der Waals surface area contributed by atoms with E-state index >= 15 is 0 Å². The lowest BCUT2D eigenvalue weighted by Gasteiger charge is -1.99. The second-order valence-electron chi connectivity index (χ2n) is 4.60. The number of benzene rings is 1. The first kappa shape index (κ1) is 13.0. The van der Waals surface area contributed by atoms with Crippen molar-refractivity contribution in [3.63, 3.8) is 0 Å². The third kappa shape index (κ3) is 2.16. The van der Waals surface area contributed by atoms with Crippen LogP contribution in [0.5, 0.6) is 0 Å². The van der Waals surface area contributed by atoms with Gasteiger partial charge in [0.15, 0.2) is 0 Å². The molecule has 3 rings (SSSR count). The molecule has 0 aliphatic rings. The minimum absolute atomic E-state index is 0.0507. The summed E-state index contributed by atoms with van der Waals surface area (Å²) in [5.41, 5.74) is 3.17. The summed E-state index contributed by atoms with van der Waals surface area (Å²) in [7, 11) is 1.81. The van der Waals surface area contributed by atoms with Crippen LogP contribution in [0.2, 0.25) is 0 Å². The molecule has 0 radical (unpaired) electrons. The van der Waals surface area contributed by atoms with E-state index in [0.717, 1.165) is 22.2 Å². The molecule has 2 heterocycles. The van der Waals surface area contributed by atoms with Gasteiger partial charge in [-0.2, -0.15) is 5.10 Å². The average Bonchev–Trinajstić information content (AvgIpc) is 2.84. The van der Waals surface area contributed by atoms with Gasteiger partial charge in [-0.25, -0.2) is 0 Å². The Morgan fingerprint density at radius 1 is 1.33 bits per heavy atom. The maximum atomic E-state index is 11.0. The number of pyridine rings is 1. The summed E-state index contributed by atoms with van der Waals surface area (Å²) in [6.07, 6.45) is 3.32. The van der Waals surface area contributed by atoms with E-state index in [0.29, 0.717) is 5.69 Å². The SMILES string of the molecule is C=Cc1cc(-c2nn(C)c3ccc([N+](=O)[O-])cc23)ccn1. The van der Waals surface area contributed by atoms with Crippen LogP contribution >= 0.6 is 0 Å². The Balaban J connectivity index is 2.28. The maximum Gasteiger partial charge on any atom is 0.270 e. The molecule has 0 fully saturated rings. The van der Waals surface area contributed by atoms with E-state index in [1.54, 1.807) is 29.1 Å². The van der Waals surface area contributed by atoms with Crippen LogP contribution in [0.4, 0.5) is 5.69 Å². The average molecular weight is 280 g/mol. The first-order chi connectivity index (χ1) is 10.1. The second kappa shape index (κ2) is 4.82. The van der Waals surface area contributed by atoms with Crippen molar-refractivity contribution in [2.45, 2.75) is 0 Å². The van der Waals surface area contributed by atoms with E-state index in [4.69, 9.17) is 0 Å². The van der Waals surface area contributed by atoms with Crippen molar-refractivity contribution in [1.82, 2.24) is 14.8 Å². The number of nitro benzene ring substituents is 1. The van der Waals surface area contributed by atoms with Crippen LogP contribution in [0.1, 0.15) is 5.69 Å². The molecule has 0 aliphatic carbocycles. The highest BCUT2D eigenvalue weighted by atomic mass is 16.6. The fraction of sp³-hybridized carbons (Fsp3) is 0.0667. The Morgan fingerprint density at radius 2 is 2.14 bits per heavy atom. The van der Waals surface area contributed by atoms with Crippen molar-refractivity contribution >= 4 is 22.7 Å². The number of nitro groups is 1. The van der Waals surface area contributed by atoms with Crippen molar-refractivity contribution < 1.29 is 4.92 Å². The molecule has 104 valence electrons. The van der Waals surface area contributed by atoms with Crippen molar-refractivity contribution in [2.75, 3.05) is 0 Å². The van der Waals surface area contributed by atoms with E-state index < -0.39 is 4.92 Å². The highest BCUT2D eigenvalue weighted by Crippen LogP contribution is 2.30. The first-order valence-electron chi connectivity index (χ1n) is 6.30. The van der Waals surface area contributed by atoms with E-state index in [1.165, 1.54) is 6.07 Å². The zero-order chi connectivity index (χ0) is 15.0. The van der Waals surface area contributed by atoms with Gasteiger partial charge in [0.2, 0.25) is 0 Å². The zero-order valence-corrected chi connectivity index (χ0v) is 11.4. The van der Waals surface area contributed by atoms with Gasteiger partial charge in [0, 0.05) is 36.3 Å². The van der Waals surface area contributed by atoms with Gasteiger partial charge in [0.05, 0.1) is 16.1 Å². The molecule has 0 unspecified atom stereocenters. The number of nitrogens with zero attached hydrogens (tertiary/aromatic N) is 4. The maximum absolute atomic E-state index is 11.0. The molecule has 0 amide bonds. The molecule has 0 saturated carbocycles. The van der Waals surface area contributed by atoms with Crippen LogP contribution in [-0.4, -0.2) is 19.7 Å². The number of rotatable bonds is 3. The molecule has 0 bridgehead atoms. The van der Waals surface area contributed by atoms with Gasteiger partial charge in [-0.1, -0.05) is 6.58 Å². The largest absolute Gasteiger partial charge is 0.270 e. The number of non-ortho nitro benzene ring substituents is 1. The number of aromatic nitrogens is 3. The van der Waals surface area contributed by atoms with Gasteiger partial charge < -0.3 is 0 Å². The smallest absolute Gasteiger partial charge is 0.267 e. The topological polar surface area (TPSA) is 73.8 Å². The Morgan fingerprint density at radius 3 is 2.86 bits per heavy atom. The molecule has 0 N–H and O–H groups in total. The van der Waals surface area contributed by atoms with Gasteiger partial charge in [-0.3, -0.25) is 19.8 Å². The molecule has 0 aliphatic heterocycles. The molecule has 6 heteroatoms. The molecule has 0 saturated heterocycles. The van der Waals surface area contributed by atoms with Gasteiger partial charge in [-0.15, -0.1) is 0 Å². The molecule has 0 atom stereocenters. The summed E-state index contributed by atoms with van der Waals surface area (Å²) >= 11 is 0. The van der Waals surface area contributed by atoms with Crippen molar-refractivity contribution in [1.29, 1.82) is 0 Å². The van der Waals surface area contributed by atoms with Crippen LogP contribution in [-0.2, 0) is 7.05 Å². The van der Waals surface area contributed by atoms with Crippen LogP contribution in [0.3, 0.4) is 0 Å². The van der Waals surface area contributed by atoms with Crippen LogP contribution in [0.25, 0.3) is 28.2 Å². The second-order valence-corrected chi connectivity index (χ2v) is 4.60. The predicted octanol–water partition coefficient (Wildman–Crippen LogP) is 3.19. The van der Waals surface area contributed by atoms with Crippen molar-refractivity contribution in [3.8, 4) is 11.3 Å². The first-order valence-corrected chi connectivity index (χ1v) is 6.30. The van der Waals surface area contributed by atoms with Gasteiger partial charge in [0.25, 0.3) is 5.69 Å². The molecule has 6 nitrogen and oxygen atoms in total. The fourth-order valence-corrected chi connectivity index (χ4v) is 2.29. The predicted molar refractivity (Wildman–Crippen MR) is 80.7 cm³/mol. The highest BCUT2D eigenvalue weighted by molar-refractivity contribution is 5.94. The Hall–Kier alpha value is -3.02. The molecular formula is C15H12N4O2. The number of fused-ring (bicyclic) bond motifs is 1. The summed E-state index contributed by atoms with van der Waals surface area (Å²) in [5.74, 6) is 0. The summed E-state index contributed by atoms with van der Waals surface area (Å²) in [5, 5.41) is 16.2. The highest BCUT2D eigenvalue weighted by Gasteiger charge is 2.15. The van der Waals surface area contributed by atoms with E-state index in [2.05, 4.69) is 16.7 Å². The van der Waals surface area contributed by atoms with Crippen LogP contribution in [0, 0.1) is 10.1 Å². The summed E-state index contributed by atoms with van der Waals surface area (Å²) < 4.78 is 1.71. The molecule has 2 aromatic heterocycles. The van der Waals surface area contributed by atoms with Crippen molar-refractivity contribution in [3.05, 3.63) is 58.9 Å². The van der Waals surface area contributed by atoms with Gasteiger partial charge in [0.1, 0.15) is 5.69 Å². The van der Waals surface area contributed by atoms with Gasteiger partial charge >= 0.3 is 0 Å². The van der Waals surface area contributed by atoms with Crippen molar-refractivity contribution in [2.24, 2.45) is 7.05 Å². The Kier molecular flexibility index (Phi) is 2.98. The third-order valence-electron chi connectivity index (χ3n) is 3.31. The van der Waals surface area contributed by atoms with Gasteiger partial charge in [-0.05, 0) is 24.3 Å². The van der Waals surface area contributed by atoms with Crippen LogP contribution < -0.4 is 0 Å². The monoisotopic (exact) mass is 280 g/mol. The molecule has 1 aromatic carbocycles. The van der Waals surface area contributed by atoms with E-state index in [1.807, 2.05) is 19.2 Å². The molecular weight excluding hydrogens is 268 g/mol. The lowest BCUT2D eigenvalue weighted by Crippen LogP contribution is -1.90. The minimum Gasteiger partial charge on any atom is -0.267 e. The fourth-order valence-electron chi connectivity index (χ4n) is 2.29. The standard InChI is InChI=1S/C15H12N4O2/c1-3-11-8-10(6-7-16-11)15-13-9-12(19(20)21)4-5-14(13)18(2)17-15/h3-9H,1H2,2H3. The molecule has 3 aromatic rings. The summed E-state index contributed by atoms with van der Waals surface area (Å²) in [6, 6.07) is 8.42. The Labute approximate surface area is 120 Å². The summed E-state index contributed by atoms with van der Waals surface area (Å²) in [4.78, 5) is 14.7.